The third kappa shape index (κ3) is 2.28. The van der Waals surface area contributed by atoms with Gasteiger partial charge >= 0.3 is 0 Å². The van der Waals surface area contributed by atoms with E-state index in [-0.39, 0.29) is 11.6 Å². The maximum Gasteiger partial charge on any atom is 0.205 e. The van der Waals surface area contributed by atoms with Gasteiger partial charge in [-0.15, -0.1) is 11.3 Å². The fourth-order valence-electron chi connectivity index (χ4n) is 1.87. The Labute approximate surface area is 128 Å². The number of aromatic nitrogens is 1. The van der Waals surface area contributed by atoms with Gasteiger partial charge in [0.1, 0.15) is 5.82 Å². The van der Waals surface area contributed by atoms with Gasteiger partial charge in [-0.25, -0.2) is 4.39 Å². The average Bonchev–Trinajstić information content (AvgIpc) is 2.93. The molecule has 1 N–H and O–H groups in total. The lowest BCUT2D eigenvalue weighted by molar-refractivity contribution is 0.104. The minimum Gasteiger partial charge on any atom is -0.360 e. The molecule has 3 aromatic rings. The van der Waals surface area contributed by atoms with Gasteiger partial charge in [-0.05, 0) is 56.1 Å². The molecule has 2 aromatic heterocycles. The highest BCUT2D eigenvalue weighted by Gasteiger charge is 2.18. The summed E-state index contributed by atoms with van der Waals surface area (Å²) in [6.45, 7) is 0. The summed E-state index contributed by atoms with van der Waals surface area (Å²) in [7, 11) is 0. The smallest absolute Gasteiger partial charge is 0.205 e. The van der Waals surface area contributed by atoms with E-state index in [4.69, 9.17) is 0 Å². The molecule has 1 aromatic carbocycles. The van der Waals surface area contributed by atoms with Gasteiger partial charge in [-0.2, -0.15) is 0 Å². The predicted octanol–water partition coefficient (Wildman–Crippen LogP) is 5.12. The molecule has 0 aliphatic carbocycles. The van der Waals surface area contributed by atoms with E-state index >= 15 is 0 Å². The second kappa shape index (κ2) is 4.85. The van der Waals surface area contributed by atoms with E-state index in [2.05, 4.69) is 36.8 Å². The number of carbonyl (C=O) groups is 1. The van der Waals surface area contributed by atoms with Crippen LogP contribution in [0.5, 0.6) is 0 Å². The Morgan fingerprint density at radius 2 is 2.05 bits per heavy atom. The first-order chi connectivity index (χ1) is 9.06. The second-order valence-corrected chi connectivity index (χ2v) is 7.18. The largest absolute Gasteiger partial charge is 0.360 e. The molecular formula is C13H6Br2FNOS. The number of fused-ring (bicyclic) bond motifs is 1. The number of hydrogen-bond acceptors (Lipinski definition) is 2. The van der Waals surface area contributed by atoms with Gasteiger partial charge in [-0.1, -0.05) is 0 Å². The summed E-state index contributed by atoms with van der Waals surface area (Å²) in [6, 6.07) is 6.12. The molecule has 0 amide bonds. The summed E-state index contributed by atoms with van der Waals surface area (Å²) < 4.78 is 15.0. The van der Waals surface area contributed by atoms with Gasteiger partial charge < -0.3 is 4.98 Å². The number of rotatable bonds is 2. The molecule has 3 rings (SSSR count). The first-order valence-corrected chi connectivity index (χ1v) is 7.72. The van der Waals surface area contributed by atoms with Crippen molar-refractivity contribution in [1.82, 2.24) is 4.98 Å². The number of nitrogens with one attached hydrogen (secondary N) is 1. The van der Waals surface area contributed by atoms with Gasteiger partial charge in [0.2, 0.25) is 5.78 Å². The van der Waals surface area contributed by atoms with Crippen molar-refractivity contribution in [2.75, 3.05) is 0 Å². The summed E-state index contributed by atoms with van der Waals surface area (Å²) >= 11 is 8.06. The number of halogens is 3. The van der Waals surface area contributed by atoms with Crippen molar-refractivity contribution in [3.8, 4) is 0 Å². The van der Waals surface area contributed by atoms with Gasteiger partial charge in [0, 0.05) is 27.1 Å². The number of hydrogen-bond donors (Lipinski definition) is 1. The van der Waals surface area contributed by atoms with Crippen LogP contribution in [0.2, 0.25) is 0 Å². The van der Waals surface area contributed by atoms with Crippen molar-refractivity contribution in [3.05, 3.63) is 55.0 Å². The molecule has 0 unspecified atom stereocenters. The first kappa shape index (κ1) is 13.0. The molecule has 0 fully saturated rings. The molecule has 0 bridgehead atoms. The van der Waals surface area contributed by atoms with Crippen molar-refractivity contribution in [2.45, 2.75) is 0 Å². The lowest BCUT2D eigenvalue weighted by Crippen LogP contribution is -1.97. The summed E-state index contributed by atoms with van der Waals surface area (Å²) in [5.41, 5.74) is 1.23. The van der Waals surface area contributed by atoms with E-state index in [0.29, 0.717) is 15.8 Å². The Kier molecular flexibility index (Phi) is 3.32. The lowest BCUT2D eigenvalue weighted by Gasteiger charge is -1.96. The molecule has 6 heteroatoms. The third-order valence-corrected chi connectivity index (χ3v) is 6.01. The highest BCUT2D eigenvalue weighted by molar-refractivity contribution is 9.13. The van der Waals surface area contributed by atoms with Gasteiger partial charge in [0.15, 0.2) is 0 Å². The molecule has 96 valence electrons. The van der Waals surface area contributed by atoms with Crippen molar-refractivity contribution in [3.63, 3.8) is 0 Å². The van der Waals surface area contributed by atoms with Crippen molar-refractivity contribution in [2.24, 2.45) is 0 Å². The van der Waals surface area contributed by atoms with Crippen LogP contribution < -0.4 is 0 Å². The Bertz CT molecular complexity index is 774. The molecule has 0 atom stereocenters. The quantitative estimate of drug-likeness (QED) is 0.592. The fourth-order valence-corrected chi connectivity index (χ4v) is 3.86. The van der Waals surface area contributed by atoms with Gasteiger partial charge in [0.05, 0.1) is 8.66 Å². The Morgan fingerprint density at radius 3 is 2.74 bits per heavy atom. The SMILES string of the molecule is O=C(c1cc(Br)c(Br)s1)c1c[nH]c2ccc(F)cc12. The second-order valence-electron chi connectivity index (χ2n) is 3.95. The van der Waals surface area contributed by atoms with Crippen molar-refractivity contribution >= 4 is 59.9 Å². The predicted molar refractivity (Wildman–Crippen MR) is 81.4 cm³/mol. The molecular weight excluding hydrogens is 397 g/mol. The van der Waals surface area contributed by atoms with Crippen LogP contribution >= 0.6 is 43.2 Å². The molecule has 2 nitrogen and oxygen atoms in total. The summed E-state index contributed by atoms with van der Waals surface area (Å²) in [5, 5.41) is 0.602. The highest BCUT2D eigenvalue weighted by atomic mass is 79.9. The topological polar surface area (TPSA) is 32.9 Å². The normalized spacial score (nSPS) is 11.1. The molecule has 0 saturated carbocycles. The van der Waals surface area contributed by atoms with E-state index in [1.807, 2.05) is 0 Å². The number of benzene rings is 1. The molecule has 0 radical (unpaired) electrons. The zero-order valence-electron chi connectivity index (χ0n) is 9.34. The summed E-state index contributed by atoms with van der Waals surface area (Å²) in [6.07, 6.45) is 1.62. The van der Waals surface area contributed by atoms with E-state index in [1.54, 1.807) is 18.3 Å². The number of aromatic amines is 1. The first-order valence-electron chi connectivity index (χ1n) is 5.32. The maximum absolute atomic E-state index is 13.3. The number of ketones is 1. The monoisotopic (exact) mass is 401 g/mol. The van der Waals surface area contributed by atoms with E-state index in [0.717, 1.165) is 13.8 Å². The zero-order valence-corrected chi connectivity index (χ0v) is 13.3. The minimum absolute atomic E-state index is 0.117. The Hall–Kier alpha value is -0.980. The lowest BCUT2D eigenvalue weighted by atomic mass is 10.1. The van der Waals surface area contributed by atoms with Gasteiger partial charge in [-0.3, -0.25) is 4.79 Å². The van der Waals surface area contributed by atoms with E-state index < -0.39 is 0 Å². The number of thiophene rings is 1. The van der Waals surface area contributed by atoms with Crippen LogP contribution in [0.3, 0.4) is 0 Å². The van der Waals surface area contributed by atoms with Crippen LogP contribution in [-0.4, -0.2) is 10.8 Å². The zero-order chi connectivity index (χ0) is 13.6. The minimum atomic E-state index is -0.352. The fraction of sp³-hybridized carbons (Fsp3) is 0. The van der Waals surface area contributed by atoms with Crippen LogP contribution in [0, 0.1) is 5.82 Å². The van der Waals surface area contributed by atoms with Crippen LogP contribution in [0.15, 0.2) is 38.7 Å². The molecule has 0 spiro atoms. The molecule has 19 heavy (non-hydrogen) atoms. The van der Waals surface area contributed by atoms with E-state index in [1.165, 1.54) is 23.5 Å². The van der Waals surface area contributed by atoms with Crippen LogP contribution in [0.4, 0.5) is 4.39 Å². The number of carbonyl (C=O) groups excluding carboxylic acids is 1. The molecule has 0 saturated heterocycles. The van der Waals surface area contributed by atoms with Gasteiger partial charge in [0.25, 0.3) is 0 Å². The maximum atomic E-state index is 13.3. The summed E-state index contributed by atoms with van der Waals surface area (Å²) in [5.74, 6) is -0.469. The van der Waals surface area contributed by atoms with Crippen LogP contribution in [0.25, 0.3) is 10.9 Å². The molecule has 0 aliphatic rings. The summed E-state index contributed by atoms with van der Waals surface area (Å²) in [4.78, 5) is 16.0. The van der Waals surface area contributed by atoms with Crippen LogP contribution in [0.1, 0.15) is 15.2 Å². The average molecular weight is 403 g/mol. The standard InChI is InChI=1S/C13H6Br2FNOS/c14-9-4-11(19-13(9)15)12(18)8-5-17-10-2-1-6(16)3-7(8)10/h1-5,17H. The Morgan fingerprint density at radius 1 is 1.26 bits per heavy atom. The highest BCUT2D eigenvalue weighted by Crippen LogP contribution is 2.34. The Balaban J connectivity index is 2.13. The third-order valence-electron chi connectivity index (χ3n) is 2.76. The van der Waals surface area contributed by atoms with Crippen LogP contribution in [-0.2, 0) is 0 Å². The molecule has 0 aliphatic heterocycles. The van der Waals surface area contributed by atoms with E-state index in [9.17, 15) is 9.18 Å². The molecule has 2 heterocycles. The van der Waals surface area contributed by atoms with Crippen molar-refractivity contribution in [1.29, 1.82) is 0 Å². The van der Waals surface area contributed by atoms with Crippen molar-refractivity contribution < 1.29 is 9.18 Å². The number of H-pyrrole nitrogens is 1.